The molecule has 1 unspecified atom stereocenters. The molecule has 1 N–H and O–H groups in total. The van der Waals surface area contributed by atoms with Gasteiger partial charge in [0.05, 0.1) is 19.0 Å². The van der Waals surface area contributed by atoms with Crippen LogP contribution in [0.5, 0.6) is 5.75 Å². The van der Waals surface area contributed by atoms with Gasteiger partial charge >= 0.3 is 0 Å². The highest BCUT2D eigenvalue weighted by atomic mass is 35.5. The van der Waals surface area contributed by atoms with Gasteiger partial charge in [-0.05, 0) is 31.2 Å². The zero-order valence-corrected chi connectivity index (χ0v) is 12.1. The van der Waals surface area contributed by atoms with Crippen molar-refractivity contribution in [3.63, 3.8) is 0 Å². The molecule has 0 aliphatic rings. The van der Waals surface area contributed by atoms with Crippen molar-refractivity contribution in [1.82, 2.24) is 10.3 Å². The van der Waals surface area contributed by atoms with Gasteiger partial charge in [0.1, 0.15) is 11.6 Å². The molecule has 1 heterocycles. The summed E-state index contributed by atoms with van der Waals surface area (Å²) in [6, 6.07) is 8.57. The Hall–Kier alpha value is -1.65. The second kappa shape index (κ2) is 6.68. The Morgan fingerprint density at radius 3 is 2.80 bits per heavy atom. The summed E-state index contributed by atoms with van der Waals surface area (Å²) in [5.74, 6) is 0.401. The van der Waals surface area contributed by atoms with Crippen LogP contribution < -0.4 is 10.1 Å². The van der Waals surface area contributed by atoms with Gasteiger partial charge in [0.25, 0.3) is 0 Å². The van der Waals surface area contributed by atoms with Crippen LogP contribution >= 0.6 is 11.6 Å². The molecule has 0 bridgehead atoms. The SMILES string of the molecule is COc1cccc(Cl)c1CNC(C)c1ccc(F)cn1. The van der Waals surface area contributed by atoms with E-state index in [9.17, 15) is 4.39 Å². The zero-order chi connectivity index (χ0) is 14.5. The molecule has 0 saturated carbocycles. The van der Waals surface area contributed by atoms with E-state index in [-0.39, 0.29) is 11.9 Å². The number of benzene rings is 1. The number of aromatic nitrogens is 1. The van der Waals surface area contributed by atoms with E-state index >= 15 is 0 Å². The molecule has 1 atom stereocenters. The molecule has 5 heteroatoms. The summed E-state index contributed by atoms with van der Waals surface area (Å²) < 4.78 is 18.1. The highest BCUT2D eigenvalue weighted by Gasteiger charge is 2.11. The van der Waals surface area contributed by atoms with Crippen molar-refractivity contribution in [1.29, 1.82) is 0 Å². The molecule has 0 saturated heterocycles. The van der Waals surface area contributed by atoms with Crippen LogP contribution in [0.1, 0.15) is 24.2 Å². The van der Waals surface area contributed by atoms with Gasteiger partial charge < -0.3 is 10.1 Å². The van der Waals surface area contributed by atoms with Crippen molar-refractivity contribution in [2.24, 2.45) is 0 Å². The van der Waals surface area contributed by atoms with Gasteiger partial charge in [-0.25, -0.2) is 4.39 Å². The molecule has 0 aliphatic carbocycles. The molecule has 0 amide bonds. The van der Waals surface area contributed by atoms with Gasteiger partial charge in [0.2, 0.25) is 0 Å². The van der Waals surface area contributed by atoms with Crippen LogP contribution in [0.3, 0.4) is 0 Å². The first-order chi connectivity index (χ1) is 9.61. The van der Waals surface area contributed by atoms with Crippen molar-refractivity contribution in [3.8, 4) is 5.75 Å². The van der Waals surface area contributed by atoms with Gasteiger partial charge in [0.15, 0.2) is 0 Å². The average molecular weight is 295 g/mol. The molecular weight excluding hydrogens is 279 g/mol. The Morgan fingerprint density at radius 2 is 2.15 bits per heavy atom. The van der Waals surface area contributed by atoms with Gasteiger partial charge in [-0.15, -0.1) is 0 Å². The number of hydrogen-bond donors (Lipinski definition) is 1. The van der Waals surface area contributed by atoms with Crippen LogP contribution in [0.25, 0.3) is 0 Å². The number of pyridine rings is 1. The standard InChI is InChI=1S/C15H16ClFN2O/c1-10(14-7-6-11(17)8-19-14)18-9-12-13(16)4-3-5-15(12)20-2/h3-8,10,18H,9H2,1-2H3. The van der Waals surface area contributed by atoms with Gasteiger partial charge in [0, 0.05) is 23.2 Å². The highest BCUT2D eigenvalue weighted by molar-refractivity contribution is 6.31. The van der Waals surface area contributed by atoms with Crippen molar-refractivity contribution in [2.75, 3.05) is 7.11 Å². The minimum Gasteiger partial charge on any atom is -0.496 e. The van der Waals surface area contributed by atoms with Gasteiger partial charge in [-0.3, -0.25) is 4.98 Å². The minimum atomic E-state index is -0.339. The van der Waals surface area contributed by atoms with E-state index in [1.807, 2.05) is 25.1 Å². The molecular formula is C15H16ClFN2O. The number of rotatable bonds is 5. The smallest absolute Gasteiger partial charge is 0.141 e. The Labute approximate surface area is 122 Å². The largest absolute Gasteiger partial charge is 0.496 e. The number of nitrogens with zero attached hydrogens (tertiary/aromatic N) is 1. The summed E-state index contributed by atoms with van der Waals surface area (Å²) in [5, 5.41) is 3.95. The maximum Gasteiger partial charge on any atom is 0.141 e. The van der Waals surface area contributed by atoms with E-state index in [1.165, 1.54) is 12.3 Å². The van der Waals surface area contributed by atoms with E-state index in [0.717, 1.165) is 17.0 Å². The Morgan fingerprint density at radius 1 is 1.35 bits per heavy atom. The third-order valence-electron chi connectivity index (χ3n) is 3.07. The van der Waals surface area contributed by atoms with E-state index < -0.39 is 0 Å². The fraction of sp³-hybridized carbons (Fsp3) is 0.267. The lowest BCUT2D eigenvalue weighted by Gasteiger charge is -2.16. The molecule has 0 radical (unpaired) electrons. The number of hydrogen-bond acceptors (Lipinski definition) is 3. The van der Waals surface area contributed by atoms with E-state index in [1.54, 1.807) is 13.2 Å². The fourth-order valence-electron chi connectivity index (χ4n) is 1.90. The number of methoxy groups -OCH3 is 1. The molecule has 0 spiro atoms. The molecule has 2 rings (SSSR count). The first-order valence-corrected chi connectivity index (χ1v) is 6.66. The molecule has 1 aromatic carbocycles. The summed E-state index contributed by atoms with van der Waals surface area (Å²) in [7, 11) is 1.61. The van der Waals surface area contributed by atoms with E-state index in [0.29, 0.717) is 11.6 Å². The molecule has 0 aliphatic heterocycles. The van der Waals surface area contributed by atoms with Crippen molar-refractivity contribution >= 4 is 11.6 Å². The summed E-state index contributed by atoms with van der Waals surface area (Å²) in [6.07, 6.45) is 1.21. The lowest BCUT2D eigenvalue weighted by atomic mass is 10.1. The number of nitrogens with one attached hydrogen (secondary N) is 1. The fourth-order valence-corrected chi connectivity index (χ4v) is 2.14. The third kappa shape index (κ3) is 3.46. The summed E-state index contributed by atoms with van der Waals surface area (Å²) in [4.78, 5) is 4.05. The van der Waals surface area contributed by atoms with Crippen LogP contribution in [0.2, 0.25) is 5.02 Å². The van der Waals surface area contributed by atoms with E-state index in [4.69, 9.17) is 16.3 Å². The minimum absolute atomic E-state index is 0.0171. The third-order valence-corrected chi connectivity index (χ3v) is 3.43. The zero-order valence-electron chi connectivity index (χ0n) is 11.4. The van der Waals surface area contributed by atoms with Crippen LogP contribution in [-0.4, -0.2) is 12.1 Å². The Kier molecular flexibility index (Phi) is 4.93. The number of ether oxygens (including phenoxy) is 1. The monoisotopic (exact) mass is 294 g/mol. The summed E-state index contributed by atoms with van der Waals surface area (Å²) >= 11 is 6.17. The molecule has 20 heavy (non-hydrogen) atoms. The quantitative estimate of drug-likeness (QED) is 0.912. The average Bonchev–Trinajstić information content (AvgIpc) is 2.46. The van der Waals surface area contributed by atoms with Crippen LogP contribution in [0.4, 0.5) is 4.39 Å². The van der Waals surface area contributed by atoms with Crippen LogP contribution in [-0.2, 0) is 6.54 Å². The molecule has 3 nitrogen and oxygen atoms in total. The summed E-state index contributed by atoms with van der Waals surface area (Å²) in [6.45, 7) is 2.51. The van der Waals surface area contributed by atoms with Crippen molar-refractivity contribution in [3.05, 3.63) is 58.6 Å². The predicted molar refractivity (Wildman–Crippen MR) is 77.5 cm³/mol. The summed E-state index contributed by atoms with van der Waals surface area (Å²) in [5.41, 5.74) is 1.67. The lowest BCUT2D eigenvalue weighted by Crippen LogP contribution is -2.19. The topological polar surface area (TPSA) is 34.1 Å². The Balaban J connectivity index is 2.07. The predicted octanol–water partition coefficient (Wildman–Crippen LogP) is 3.73. The highest BCUT2D eigenvalue weighted by Crippen LogP contribution is 2.26. The van der Waals surface area contributed by atoms with Crippen LogP contribution in [0.15, 0.2) is 36.5 Å². The second-order valence-corrected chi connectivity index (χ2v) is 4.83. The van der Waals surface area contributed by atoms with Crippen molar-refractivity contribution in [2.45, 2.75) is 19.5 Å². The molecule has 2 aromatic rings. The van der Waals surface area contributed by atoms with Gasteiger partial charge in [-0.1, -0.05) is 17.7 Å². The van der Waals surface area contributed by atoms with Gasteiger partial charge in [-0.2, -0.15) is 0 Å². The normalized spacial score (nSPS) is 12.2. The molecule has 106 valence electrons. The number of halogens is 2. The second-order valence-electron chi connectivity index (χ2n) is 4.42. The van der Waals surface area contributed by atoms with Crippen LogP contribution in [0, 0.1) is 5.82 Å². The maximum atomic E-state index is 12.8. The first-order valence-electron chi connectivity index (χ1n) is 6.28. The molecule has 1 aromatic heterocycles. The van der Waals surface area contributed by atoms with Crippen molar-refractivity contribution < 1.29 is 9.13 Å². The lowest BCUT2D eigenvalue weighted by molar-refractivity contribution is 0.406. The Bertz CT molecular complexity index is 575. The maximum absolute atomic E-state index is 12.8. The van der Waals surface area contributed by atoms with E-state index in [2.05, 4.69) is 10.3 Å². The first kappa shape index (κ1) is 14.8. The molecule has 0 fully saturated rings.